The first-order valence-corrected chi connectivity index (χ1v) is 4.38. The summed E-state index contributed by atoms with van der Waals surface area (Å²) >= 11 is 5.63. The third-order valence-electron chi connectivity index (χ3n) is 1.94. The number of hydrogen-bond donors (Lipinski definition) is 0. The molecule has 0 aromatic carbocycles. The summed E-state index contributed by atoms with van der Waals surface area (Å²) in [5.74, 6) is 0.245. The Morgan fingerprint density at radius 3 is 2.85 bits per heavy atom. The van der Waals surface area contributed by atoms with Crippen molar-refractivity contribution in [2.24, 2.45) is 5.10 Å². The molecule has 0 aliphatic carbocycles. The average Bonchev–Trinajstić information content (AvgIpc) is 2.53. The number of rotatable bonds is 1. The Bertz CT molecular complexity index is 321. The molecule has 0 saturated heterocycles. The molecule has 2 rings (SSSR count). The average molecular weight is 197 g/mol. The normalized spacial score (nSPS) is 21.1. The first kappa shape index (κ1) is 8.44. The van der Waals surface area contributed by atoms with E-state index < -0.39 is 0 Å². The summed E-state index contributed by atoms with van der Waals surface area (Å²) in [6.45, 7) is 0.857. The molecule has 0 radical (unpaired) electrons. The highest BCUT2D eigenvalue weighted by Gasteiger charge is 2.17. The molecular formula is C8H9ClN4. The van der Waals surface area contributed by atoms with Gasteiger partial charge in [-0.05, 0) is 12.1 Å². The second kappa shape index (κ2) is 3.30. The van der Waals surface area contributed by atoms with Crippen molar-refractivity contribution in [1.82, 2.24) is 15.2 Å². The van der Waals surface area contributed by atoms with Crippen LogP contribution in [0.4, 0.5) is 0 Å². The lowest BCUT2D eigenvalue weighted by Gasteiger charge is -2.08. The molecule has 1 unspecified atom stereocenters. The minimum absolute atomic E-state index is 0.245. The van der Waals surface area contributed by atoms with E-state index in [0.29, 0.717) is 5.15 Å². The van der Waals surface area contributed by atoms with Gasteiger partial charge in [-0.3, -0.25) is 5.01 Å². The first-order valence-electron chi connectivity index (χ1n) is 4.00. The smallest absolute Gasteiger partial charge is 0.151 e. The third kappa shape index (κ3) is 1.78. The van der Waals surface area contributed by atoms with Crippen LogP contribution in [-0.2, 0) is 0 Å². The number of halogens is 1. The van der Waals surface area contributed by atoms with Crippen molar-refractivity contribution >= 4 is 17.8 Å². The molecule has 13 heavy (non-hydrogen) atoms. The number of nitrogens with zero attached hydrogens (tertiary/aromatic N) is 4. The number of likely N-dealkylation sites (N-methyl/N-ethyl adjacent to an activating group) is 1. The van der Waals surface area contributed by atoms with Crippen LogP contribution >= 0.6 is 11.6 Å². The van der Waals surface area contributed by atoms with Crippen LogP contribution in [0, 0.1) is 0 Å². The van der Waals surface area contributed by atoms with Crippen LogP contribution in [0.5, 0.6) is 0 Å². The van der Waals surface area contributed by atoms with Crippen molar-refractivity contribution in [1.29, 1.82) is 0 Å². The highest BCUT2D eigenvalue weighted by molar-refractivity contribution is 6.29. The zero-order chi connectivity index (χ0) is 9.26. The Balaban J connectivity index is 2.18. The predicted octanol–water partition coefficient (Wildman–Crippen LogP) is 1.14. The number of hydrogen-bond acceptors (Lipinski definition) is 4. The van der Waals surface area contributed by atoms with Crippen LogP contribution in [-0.4, -0.2) is 35.0 Å². The molecule has 0 N–H and O–H groups in total. The van der Waals surface area contributed by atoms with Gasteiger partial charge in [0.2, 0.25) is 0 Å². The van der Waals surface area contributed by atoms with E-state index in [4.69, 9.17) is 11.6 Å². The SMILES string of the molecule is CN1CC(c2ccc(Cl)nn2)C=N1. The summed E-state index contributed by atoms with van der Waals surface area (Å²) in [4.78, 5) is 0. The van der Waals surface area contributed by atoms with Gasteiger partial charge < -0.3 is 0 Å². The zero-order valence-corrected chi connectivity index (χ0v) is 7.94. The fourth-order valence-corrected chi connectivity index (χ4v) is 1.37. The lowest BCUT2D eigenvalue weighted by Crippen LogP contribution is -2.13. The Kier molecular flexibility index (Phi) is 2.14. The summed E-state index contributed by atoms with van der Waals surface area (Å²) in [5.41, 5.74) is 0.914. The maximum Gasteiger partial charge on any atom is 0.151 e. The second-order valence-electron chi connectivity index (χ2n) is 2.99. The molecule has 0 bridgehead atoms. The minimum atomic E-state index is 0.245. The lowest BCUT2D eigenvalue weighted by molar-refractivity contribution is 0.379. The van der Waals surface area contributed by atoms with Crippen LogP contribution in [0.1, 0.15) is 11.6 Å². The maximum atomic E-state index is 5.63. The van der Waals surface area contributed by atoms with E-state index in [1.165, 1.54) is 0 Å². The Morgan fingerprint density at radius 2 is 2.31 bits per heavy atom. The molecule has 1 atom stereocenters. The number of aromatic nitrogens is 2. The molecule has 0 amide bonds. The summed E-state index contributed by atoms with van der Waals surface area (Å²) < 4.78 is 0. The van der Waals surface area contributed by atoms with Crippen LogP contribution in [0.25, 0.3) is 0 Å². The Labute approximate surface area is 81.2 Å². The molecule has 1 aromatic rings. The van der Waals surface area contributed by atoms with E-state index in [1.54, 1.807) is 6.07 Å². The van der Waals surface area contributed by atoms with E-state index in [1.807, 2.05) is 24.3 Å². The van der Waals surface area contributed by atoms with E-state index in [9.17, 15) is 0 Å². The van der Waals surface area contributed by atoms with Gasteiger partial charge in [0.25, 0.3) is 0 Å². The van der Waals surface area contributed by atoms with Gasteiger partial charge in [-0.15, -0.1) is 5.10 Å². The van der Waals surface area contributed by atoms with Crippen molar-refractivity contribution in [3.05, 3.63) is 23.0 Å². The molecule has 5 heteroatoms. The van der Waals surface area contributed by atoms with Crippen molar-refractivity contribution in [3.8, 4) is 0 Å². The molecule has 4 nitrogen and oxygen atoms in total. The highest BCUT2D eigenvalue weighted by atomic mass is 35.5. The Hall–Kier alpha value is -1.16. The third-order valence-corrected chi connectivity index (χ3v) is 2.14. The second-order valence-corrected chi connectivity index (χ2v) is 3.38. The van der Waals surface area contributed by atoms with Crippen LogP contribution in [0.2, 0.25) is 5.15 Å². The van der Waals surface area contributed by atoms with Crippen molar-refractivity contribution in [2.75, 3.05) is 13.6 Å². The van der Waals surface area contributed by atoms with E-state index in [2.05, 4.69) is 15.3 Å². The van der Waals surface area contributed by atoms with Crippen LogP contribution < -0.4 is 0 Å². The Morgan fingerprint density at radius 1 is 1.46 bits per heavy atom. The lowest BCUT2D eigenvalue weighted by atomic mass is 10.1. The molecular weight excluding hydrogens is 188 g/mol. The van der Waals surface area contributed by atoms with Crippen molar-refractivity contribution in [2.45, 2.75) is 5.92 Å². The van der Waals surface area contributed by atoms with Gasteiger partial charge in [0.05, 0.1) is 11.6 Å². The van der Waals surface area contributed by atoms with Gasteiger partial charge in [-0.1, -0.05) is 11.6 Å². The fraction of sp³-hybridized carbons (Fsp3) is 0.375. The predicted molar refractivity (Wildman–Crippen MR) is 50.9 cm³/mol. The van der Waals surface area contributed by atoms with Crippen molar-refractivity contribution in [3.63, 3.8) is 0 Å². The molecule has 2 heterocycles. The first-order chi connectivity index (χ1) is 6.25. The standard InChI is InChI=1S/C8H9ClN4/c1-13-5-6(4-10-13)7-2-3-8(9)12-11-7/h2-4,6H,5H2,1H3. The largest absolute Gasteiger partial charge is 0.299 e. The van der Waals surface area contributed by atoms with E-state index in [0.717, 1.165) is 12.2 Å². The molecule has 68 valence electrons. The van der Waals surface area contributed by atoms with Gasteiger partial charge in [-0.25, -0.2) is 0 Å². The monoisotopic (exact) mass is 196 g/mol. The minimum Gasteiger partial charge on any atom is -0.299 e. The molecule has 0 saturated carbocycles. The maximum absolute atomic E-state index is 5.63. The van der Waals surface area contributed by atoms with Crippen LogP contribution in [0.3, 0.4) is 0 Å². The fourth-order valence-electron chi connectivity index (χ4n) is 1.27. The zero-order valence-electron chi connectivity index (χ0n) is 7.18. The molecule has 0 fully saturated rings. The quantitative estimate of drug-likeness (QED) is 0.677. The summed E-state index contributed by atoms with van der Waals surface area (Å²) in [6, 6.07) is 3.63. The van der Waals surface area contributed by atoms with Gasteiger partial charge >= 0.3 is 0 Å². The summed E-state index contributed by atoms with van der Waals surface area (Å²) in [5, 5.41) is 14.2. The van der Waals surface area contributed by atoms with Crippen LogP contribution in [0.15, 0.2) is 17.2 Å². The highest BCUT2D eigenvalue weighted by Crippen LogP contribution is 2.17. The summed E-state index contributed by atoms with van der Waals surface area (Å²) in [6.07, 6.45) is 1.87. The van der Waals surface area contributed by atoms with Gasteiger partial charge in [-0.2, -0.15) is 10.2 Å². The van der Waals surface area contributed by atoms with E-state index >= 15 is 0 Å². The van der Waals surface area contributed by atoms with E-state index in [-0.39, 0.29) is 5.92 Å². The number of hydrazone groups is 1. The molecule has 0 spiro atoms. The topological polar surface area (TPSA) is 41.4 Å². The molecule has 1 aliphatic rings. The molecule has 1 aliphatic heterocycles. The van der Waals surface area contributed by atoms with Gasteiger partial charge in [0.1, 0.15) is 0 Å². The van der Waals surface area contributed by atoms with Gasteiger partial charge in [0, 0.05) is 19.8 Å². The molecule has 1 aromatic heterocycles. The van der Waals surface area contributed by atoms with Crippen molar-refractivity contribution < 1.29 is 0 Å². The van der Waals surface area contributed by atoms with Gasteiger partial charge in [0.15, 0.2) is 5.15 Å². The summed E-state index contributed by atoms with van der Waals surface area (Å²) in [7, 11) is 1.93.